The SMILES string of the molecule is O=C1C[C@H](N2CCN([C@H]3CC(=O)N(c4ccccc4F)C3=O)CC2)C(=O)N1c1ccccc1F. The minimum atomic E-state index is -0.704. The number of benzene rings is 2. The van der Waals surface area contributed by atoms with Gasteiger partial charge in [-0.2, -0.15) is 0 Å². The normalized spacial score (nSPS) is 24.5. The summed E-state index contributed by atoms with van der Waals surface area (Å²) in [4.78, 5) is 56.5. The molecule has 3 saturated heterocycles. The van der Waals surface area contributed by atoms with E-state index in [2.05, 4.69) is 0 Å². The molecule has 4 amide bonds. The number of imide groups is 2. The van der Waals surface area contributed by atoms with Crippen LogP contribution < -0.4 is 9.80 Å². The molecule has 34 heavy (non-hydrogen) atoms. The second-order valence-electron chi connectivity index (χ2n) is 8.55. The van der Waals surface area contributed by atoms with Gasteiger partial charge in [-0.1, -0.05) is 24.3 Å². The largest absolute Gasteiger partial charge is 0.289 e. The summed E-state index contributed by atoms with van der Waals surface area (Å²) in [5.74, 6) is -3.14. The van der Waals surface area contributed by atoms with Crippen molar-refractivity contribution in [3.8, 4) is 0 Å². The van der Waals surface area contributed by atoms with E-state index in [1.165, 1.54) is 36.4 Å². The van der Waals surface area contributed by atoms with Gasteiger partial charge >= 0.3 is 0 Å². The van der Waals surface area contributed by atoms with E-state index in [1.807, 2.05) is 9.80 Å². The van der Waals surface area contributed by atoms with E-state index in [0.29, 0.717) is 26.2 Å². The van der Waals surface area contributed by atoms with Gasteiger partial charge in [0.1, 0.15) is 11.6 Å². The molecule has 176 valence electrons. The van der Waals surface area contributed by atoms with Gasteiger partial charge < -0.3 is 0 Å². The van der Waals surface area contributed by atoms with E-state index >= 15 is 0 Å². The lowest BCUT2D eigenvalue weighted by atomic mass is 10.1. The lowest BCUT2D eigenvalue weighted by molar-refractivity contribution is -0.126. The molecular weight excluding hydrogens is 446 g/mol. The summed E-state index contributed by atoms with van der Waals surface area (Å²) in [5, 5.41) is 0. The summed E-state index contributed by atoms with van der Waals surface area (Å²) in [7, 11) is 0. The number of para-hydroxylation sites is 2. The summed E-state index contributed by atoms with van der Waals surface area (Å²) < 4.78 is 28.4. The molecular formula is C24H22F2N4O4. The third kappa shape index (κ3) is 3.68. The molecule has 0 radical (unpaired) electrons. The van der Waals surface area contributed by atoms with Crippen LogP contribution in [-0.2, 0) is 19.2 Å². The number of rotatable bonds is 4. The van der Waals surface area contributed by atoms with Crippen LogP contribution in [0.4, 0.5) is 20.2 Å². The standard InChI is InChI=1S/C24H22F2N4O4/c25-15-5-1-3-7-17(15)29-21(31)13-19(23(29)33)27-9-11-28(12-10-27)20-14-22(32)30(24(20)34)18-8-4-2-6-16(18)26/h1-8,19-20H,9-14H2/t19-,20-/m0/s1. The summed E-state index contributed by atoms with van der Waals surface area (Å²) in [6.07, 6.45) is -0.0931. The molecule has 0 unspecified atom stereocenters. The molecule has 5 rings (SSSR count). The Morgan fingerprint density at radius 1 is 0.588 bits per heavy atom. The van der Waals surface area contributed by atoms with Crippen molar-refractivity contribution in [3.05, 3.63) is 60.2 Å². The first-order valence-electron chi connectivity index (χ1n) is 11.1. The van der Waals surface area contributed by atoms with Crippen molar-refractivity contribution in [2.75, 3.05) is 36.0 Å². The smallest absolute Gasteiger partial charge is 0.251 e. The highest BCUT2D eigenvalue weighted by Crippen LogP contribution is 2.31. The Kier molecular flexibility index (Phi) is 5.70. The van der Waals surface area contributed by atoms with Gasteiger partial charge in [0.15, 0.2) is 0 Å². The number of halogens is 2. The number of anilines is 2. The minimum absolute atomic E-state index is 0.0466. The Labute approximate surface area is 194 Å². The van der Waals surface area contributed by atoms with E-state index in [9.17, 15) is 28.0 Å². The molecule has 3 fully saturated rings. The number of amides is 4. The van der Waals surface area contributed by atoms with Crippen molar-refractivity contribution in [3.63, 3.8) is 0 Å². The highest BCUT2D eigenvalue weighted by molar-refractivity contribution is 6.23. The van der Waals surface area contributed by atoms with Gasteiger partial charge in [-0.15, -0.1) is 0 Å². The van der Waals surface area contributed by atoms with Crippen LogP contribution in [0.5, 0.6) is 0 Å². The fraction of sp³-hybridized carbons (Fsp3) is 0.333. The van der Waals surface area contributed by atoms with Gasteiger partial charge in [0.2, 0.25) is 11.8 Å². The summed E-state index contributed by atoms with van der Waals surface area (Å²) in [5.41, 5.74) is -0.108. The molecule has 8 nitrogen and oxygen atoms in total. The Bertz CT molecular complexity index is 1090. The zero-order valence-electron chi connectivity index (χ0n) is 18.2. The van der Waals surface area contributed by atoms with Crippen LogP contribution in [0.1, 0.15) is 12.8 Å². The van der Waals surface area contributed by atoms with Gasteiger partial charge in [-0.05, 0) is 24.3 Å². The second kappa shape index (κ2) is 8.69. The van der Waals surface area contributed by atoms with Crippen molar-refractivity contribution in [2.45, 2.75) is 24.9 Å². The molecule has 3 heterocycles. The number of piperazine rings is 1. The average molecular weight is 468 g/mol. The van der Waals surface area contributed by atoms with Crippen LogP contribution >= 0.6 is 0 Å². The first-order valence-corrected chi connectivity index (χ1v) is 11.1. The molecule has 3 aliphatic rings. The predicted octanol–water partition coefficient (Wildman–Crippen LogP) is 1.55. The predicted molar refractivity (Wildman–Crippen MR) is 118 cm³/mol. The maximum absolute atomic E-state index is 14.2. The highest BCUT2D eigenvalue weighted by atomic mass is 19.1. The maximum Gasteiger partial charge on any atom is 0.251 e. The topological polar surface area (TPSA) is 81.2 Å². The molecule has 0 spiro atoms. The quantitative estimate of drug-likeness (QED) is 0.634. The minimum Gasteiger partial charge on any atom is -0.289 e. The number of carbonyl (C=O) groups is 4. The first kappa shape index (κ1) is 22.3. The fourth-order valence-corrected chi connectivity index (χ4v) is 4.94. The van der Waals surface area contributed by atoms with Crippen molar-refractivity contribution >= 4 is 35.0 Å². The van der Waals surface area contributed by atoms with E-state index in [4.69, 9.17) is 0 Å². The van der Waals surface area contributed by atoms with Gasteiger partial charge in [-0.25, -0.2) is 18.6 Å². The number of hydrogen-bond acceptors (Lipinski definition) is 6. The van der Waals surface area contributed by atoms with Gasteiger partial charge in [0, 0.05) is 26.2 Å². The van der Waals surface area contributed by atoms with Crippen LogP contribution in [0.15, 0.2) is 48.5 Å². The Balaban J connectivity index is 1.25. The van der Waals surface area contributed by atoms with Crippen LogP contribution in [0.2, 0.25) is 0 Å². The number of carbonyl (C=O) groups excluding carboxylic acids is 4. The monoisotopic (exact) mass is 468 g/mol. The summed E-state index contributed by atoms with van der Waals surface area (Å²) in [6.45, 7) is 1.58. The molecule has 0 bridgehead atoms. The molecule has 0 N–H and O–H groups in total. The van der Waals surface area contributed by atoms with Crippen molar-refractivity contribution in [1.82, 2.24) is 9.80 Å². The second-order valence-corrected chi connectivity index (χ2v) is 8.55. The van der Waals surface area contributed by atoms with Crippen LogP contribution in [0.3, 0.4) is 0 Å². The van der Waals surface area contributed by atoms with E-state index < -0.39 is 47.3 Å². The average Bonchev–Trinajstić information content (AvgIpc) is 3.29. The fourth-order valence-electron chi connectivity index (χ4n) is 4.94. The number of hydrogen-bond donors (Lipinski definition) is 0. The van der Waals surface area contributed by atoms with Crippen LogP contribution in [0, 0.1) is 11.6 Å². The highest BCUT2D eigenvalue weighted by Gasteiger charge is 2.47. The van der Waals surface area contributed by atoms with Crippen LogP contribution in [-0.4, -0.2) is 71.7 Å². The molecule has 2 aromatic carbocycles. The Hall–Kier alpha value is -3.50. The van der Waals surface area contributed by atoms with E-state index in [-0.39, 0.29) is 24.2 Å². The van der Waals surface area contributed by atoms with E-state index in [0.717, 1.165) is 9.80 Å². The van der Waals surface area contributed by atoms with Gasteiger partial charge in [0.05, 0.1) is 36.3 Å². The summed E-state index contributed by atoms with van der Waals surface area (Å²) in [6, 6.07) is 9.90. The molecule has 0 saturated carbocycles. The molecule has 2 aromatic rings. The van der Waals surface area contributed by atoms with Gasteiger partial charge in [0.25, 0.3) is 11.8 Å². The Morgan fingerprint density at radius 3 is 1.29 bits per heavy atom. The maximum atomic E-state index is 14.2. The molecule has 0 aliphatic carbocycles. The van der Waals surface area contributed by atoms with Crippen molar-refractivity contribution < 1.29 is 28.0 Å². The zero-order valence-corrected chi connectivity index (χ0v) is 18.2. The van der Waals surface area contributed by atoms with E-state index in [1.54, 1.807) is 12.1 Å². The molecule has 0 aromatic heterocycles. The van der Waals surface area contributed by atoms with Crippen molar-refractivity contribution in [1.29, 1.82) is 0 Å². The first-order chi connectivity index (χ1) is 16.4. The van der Waals surface area contributed by atoms with Gasteiger partial charge in [-0.3, -0.25) is 29.0 Å². The third-order valence-electron chi connectivity index (χ3n) is 6.66. The Morgan fingerprint density at radius 2 is 0.941 bits per heavy atom. The van der Waals surface area contributed by atoms with Crippen molar-refractivity contribution in [2.24, 2.45) is 0 Å². The number of nitrogens with zero attached hydrogens (tertiary/aromatic N) is 4. The molecule has 10 heteroatoms. The molecule has 2 atom stereocenters. The third-order valence-corrected chi connectivity index (χ3v) is 6.66. The van der Waals surface area contributed by atoms with Crippen LogP contribution in [0.25, 0.3) is 0 Å². The lowest BCUT2D eigenvalue weighted by Crippen LogP contribution is -2.56. The molecule has 3 aliphatic heterocycles. The summed E-state index contributed by atoms with van der Waals surface area (Å²) >= 11 is 0. The lowest BCUT2D eigenvalue weighted by Gasteiger charge is -2.38. The zero-order chi connectivity index (χ0) is 24.0.